The molecule has 5 aromatic rings. The third-order valence-corrected chi connectivity index (χ3v) is 7.98. The fraction of sp³-hybridized carbons (Fsp3) is 0.244. The van der Waals surface area contributed by atoms with Crippen molar-refractivity contribution in [2.75, 3.05) is 0 Å². The van der Waals surface area contributed by atoms with E-state index >= 15 is 0 Å². The monoisotopic (exact) mass is 643 g/mol. The molecule has 0 spiro atoms. The van der Waals surface area contributed by atoms with Crippen LogP contribution in [0, 0.1) is 6.92 Å². The van der Waals surface area contributed by atoms with E-state index in [9.17, 15) is 4.79 Å². The standard InChI is InChI=1S/C41H41NO6/c1-28(2)42-41(43)48-39-24-34-36(45-26-31-15-9-5-10-16-31)21-29(3)22-37(34)47-40(39)33-19-20-35(44-25-30-13-7-4-8-14-30)38(23-33)46-27-32-17-11-6-12-18-32/h4-23,28,39-40H,24-27H2,1-3H3,(H,42,43)/t39-,40-/m1/s1. The number of benzene rings is 5. The number of hydrogen-bond acceptors (Lipinski definition) is 6. The van der Waals surface area contributed by atoms with Crippen LogP contribution >= 0.6 is 0 Å². The molecule has 5 aromatic carbocycles. The molecular formula is C41H41NO6. The van der Waals surface area contributed by atoms with Crippen molar-refractivity contribution in [3.63, 3.8) is 0 Å². The van der Waals surface area contributed by atoms with Gasteiger partial charge < -0.3 is 29.0 Å². The van der Waals surface area contributed by atoms with Gasteiger partial charge in [-0.15, -0.1) is 0 Å². The van der Waals surface area contributed by atoms with Gasteiger partial charge in [-0.05, 0) is 67.3 Å². The summed E-state index contributed by atoms with van der Waals surface area (Å²) in [4.78, 5) is 13.0. The number of fused-ring (bicyclic) bond motifs is 1. The first-order valence-electron chi connectivity index (χ1n) is 16.3. The van der Waals surface area contributed by atoms with Crippen LogP contribution in [0.3, 0.4) is 0 Å². The zero-order chi connectivity index (χ0) is 33.3. The van der Waals surface area contributed by atoms with Gasteiger partial charge in [0.05, 0.1) is 0 Å². The number of carbonyl (C=O) groups excluding carboxylic acids is 1. The minimum absolute atomic E-state index is 0.0841. The van der Waals surface area contributed by atoms with Crippen LogP contribution < -0.4 is 24.3 Å². The maximum Gasteiger partial charge on any atom is 0.407 e. The molecule has 0 radical (unpaired) electrons. The molecule has 0 aliphatic carbocycles. The van der Waals surface area contributed by atoms with E-state index in [0.717, 1.165) is 33.4 Å². The molecule has 7 heteroatoms. The van der Waals surface area contributed by atoms with Crippen LogP contribution in [0.2, 0.25) is 0 Å². The van der Waals surface area contributed by atoms with E-state index < -0.39 is 18.3 Å². The van der Waals surface area contributed by atoms with Gasteiger partial charge in [0, 0.05) is 23.6 Å². The molecule has 1 N–H and O–H groups in total. The van der Waals surface area contributed by atoms with E-state index in [1.54, 1.807) is 0 Å². The third kappa shape index (κ3) is 8.48. The molecule has 0 saturated heterocycles. The Morgan fingerprint density at radius 1 is 0.708 bits per heavy atom. The van der Waals surface area contributed by atoms with Gasteiger partial charge in [0.15, 0.2) is 17.6 Å². The van der Waals surface area contributed by atoms with E-state index in [1.165, 1.54) is 0 Å². The van der Waals surface area contributed by atoms with Crippen molar-refractivity contribution in [2.24, 2.45) is 0 Å². The molecule has 1 heterocycles. The predicted octanol–water partition coefficient (Wildman–Crippen LogP) is 8.91. The number of rotatable bonds is 12. The number of ether oxygens (including phenoxy) is 5. The van der Waals surface area contributed by atoms with Gasteiger partial charge in [-0.1, -0.05) is 97.1 Å². The molecule has 2 atom stereocenters. The smallest absolute Gasteiger partial charge is 0.407 e. The second kappa shape index (κ2) is 15.4. The molecule has 1 amide bonds. The minimum Gasteiger partial charge on any atom is -0.488 e. The number of carbonyl (C=O) groups is 1. The van der Waals surface area contributed by atoms with Crippen molar-refractivity contribution in [2.45, 2.75) is 65.3 Å². The van der Waals surface area contributed by atoms with Crippen LogP contribution in [0.15, 0.2) is 121 Å². The Hall–Kier alpha value is -5.43. The second-order valence-electron chi connectivity index (χ2n) is 12.3. The molecule has 7 nitrogen and oxygen atoms in total. The lowest BCUT2D eigenvalue weighted by atomic mass is 9.93. The molecule has 1 aliphatic heterocycles. The van der Waals surface area contributed by atoms with Crippen LogP contribution in [0.25, 0.3) is 0 Å². The van der Waals surface area contributed by atoms with Crippen molar-refractivity contribution < 1.29 is 28.5 Å². The maximum absolute atomic E-state index is 13.0. The lowest BCUT2D eigenvalue weighted by Crippen LogP contribution is -2.40. The Labute approximate surface area is 282 Å². The Kier molecular flexibility index (Phi) is 10.5. The third-order valence-electron chi connectivity index (χ3n) is 7.98. The summed E-state index contributed by atoms with van der Waals surface area (Å²) in [6.45, 7) is 6.97. The van der Waals surface area contributed by atoms with Crippen LogP contribution in [0.1, 0.15) is 53.3 Å². The van der Waals surface area contributed by atoms with E-state index in [4.69, 9.17) is 23.7 Å². The fourth-order valence-electron chi connectivity index (χ4n) is 5.64. The molecule has 1 aliphatic rings. The molecule has 6 rings (SSSR count). The molecule has 246 valence electrons. The summed E-state index contributed by atoms with van der Waals surface area (Å²) in [5.74, 6) is 2.59. The summed E-state index contributed by atoms with van der Waals surface area (Å²) in [6.07, 6.45) is -1.35. The molecule has 48 heavy (non-hydrogen) atoms. The largest absolute Gasteiger partial charge is 0.488 e. The van der Waals surface area contributed by atoms with Gasteiger partial charge >= 0.3 is 6.09 Å². The average Bonchev–Trinajstić information content (AvgIpc) is 3.10. The number of hydrogen-bond donors (Lipinski definition) is 1. The number of nitrogens with one attached hydrogen (secondary N) is 1. The molecule has 0 bridgehead atoms. The highest BCUT2D eigenvalue weighted by Gasteiger charge is 2.37. The van der Waals surface area contributed by atoms with Gasteiger partial charge in [0.2, 0.25) is 0 Å². The average molecular weight is 644 g/mol. The summed E-state index contributed by atoms with van der Waals surface area (Å²) in [7, 11) is 0. The second-order valence-corrected chi connectivity index (χ2v) is 12.3. The number of aryl methyl sites for hydroxylation is 1. The Morgan fingerprint density at radius 3 is 1.81 bits per heavy atom. The van der Waals surface area contributed by atoms with Gasteiger partial charge in [-0.25, -0.2) is 4.79 Å². The van der Waals surface area contributed by atoms with Gasteiger partial charge in [-0.2, -0.15) is 0 Å². The molecule has 0 fully saturated rings. The Balaban J connectivity index is 1.32. The van der Waals surface area contributed by atoms with Crippen molar-refractivity contribution in [3.05, 3.63) is 155 Å². The predicted molar refractivity (Wildman–Crippen MR) is 186 cm³/mol. The van der Waals surface area contributed by atoms with Crippen molar-refractivity contribution in [1.82, 2.24) is 5.32 Å². The topological polar surface area (TPSA) is 75.2 Å². The zero-order valence-corrected chi connectivity index (χ0v) is 27.6. The van der Waals surface area contributed by atoms with Crippen LogP contribution in [-0.4, -0.2) is 18.2 Å². The number of alkyl carbamates (subject to hydrolysis) is 1. The molecule has 0 unspecified atom stereocenters. The molecule has 0 aromatic heterocycles. The van der Waals surface area contributed by atoms with Gasteiger partial charge in [0.25, 0.3) is 0 Å². The van der Waals surface area contributed by atoms with E-state index in [-0.39, 0.29) is 6.04 Å². The molecule has 0 saturated carbocycles. The molecular weight excluding hydrogens is 602 g/mol. The first-order chi connectivity index (χ1) is 23.4. The number of amides is 1. The van der Waals surface area contributed by atoms with Crippen molar-refractivity contribution in [3.8, 4) is 23.0 Å². The first kappa shape index (κ1) is 32.5. The zero-order valence-electron chi connectivity index (χ0n) is 27.6. The minimum atomic E-state index is -0.643. The van der Waals surface area contributed by atoms with Crippen LogP contribution in [0.5, 0.6) is 23.0 Å². The van der Waals surface area contributed by atoms with Crippen molar-refractivity contribution in [1.29, 1.82) is 0 Å². The van der Waals surface area contributed by atoms with E-state index in [0.29, 0.717) is 49.2 Å². The van der Waals surface area contributed by atoms with Crippen LogP contribution in [0.4, 0.5) is 4.79 Å². The fourth-order valence-corrected chi connectivity index (χ4v) is 5.64. The quantitative estimate of drug-likeness (QED) is 0.146. The van der Waals surface area contributed by atoms with Gasteiger partial charge in [-0.3, -0.25) is 0 Å². The summed E-state index contributed by atoms with van der Waals surface area (Å²) < 4.78 is 31.8. The van der Waals surface area contributed by atoms with Crippen LogP contribution in [-0.2, 0) is 31.0 Å². The van der Waals surface area contributed by atoms with Gasteiger partial charge in [0.1, 0.15) is 37.4 Å². The normalized spacial score (nSPS) is 15.2. The highest BCUT2D eigenvalue weighted by molar-refractivity contribution is 5.68. The van der Waals surface area contributed by atoms with E-state index in [2.05, 4.69) is 5.32 Å². The van der Waals surface area contributed by atoms with Crippen molar-refractivity contribution >= 4 is 6.09 Å². The SMILES string of the molecule is Cc1cc(OCc2ccccc2)c2c(c1)O[C@H](c1ccc(OCc3ccccc3)c(OCc3ccccc3)c1)[C@H](OC(=O)NC(C)C)C2. The summed E-state index contributed by atoms with van der Waals surface area (Å²) in [5, 5.41) is 2.86. The summed E-state index contributed by atoms with van der Waals surface area (Å²) >= 11 is 0. The highest BCUT2D eigenvalue weighted by Crippen LogP contribution is 2.43. The summed E-state index contributed by atoms with van der Waals surface area (Å²) in [5.41, 5.74) is 5.80. The first-order valence-corrected chi connectivity index (χ1v) is 16.3. The lowest BCUT2D eigenvalue weighted by molar-refractivity contribution is 0.00149. The summed E-state index contributed by atoms with van der Waals surface area (Å²) in [6, 6.07) is 39.7. The van der Waals surface area contributed by atoms with E-state index in [1.807, 2.05) is 142 Å². The lowest BCUT2D eigenvalue weighted by Gasteiger charge is -2.35. The Morgan fingerprint density at radius 2 is 1.25 bits per heavy atom. The highest BCUT2D eigenvalue weighted by atomic mass is 16.6. The maximum atomic E-state index is 13.0. The Bertz CT molecular complexity index is 1790.